The topological polar surface area (TPSA) is 81.4 Å². The van der Waals surface area contributed by atoms with Crippen LogP contribution in [-0.2, 0) is 9.59 Å². The molecule has 0 aliphatic heterocycles. The summed E-state index contributed by atoms with van der Waals surface area (Å²) in [7, 11) is 0. The lowest BCUT2D eigenvalue weighted by Gasteiger charge is -2.23. The van der Waals surface area contributed by atoms with Crippen molar-refractivity contribution in [2.45, 2.75) is 0 Å². The first kappa shape index (κ1) is 29.6. The van der Waals surface area contributed by atoms with Gasteiger partial charge in [-0.2, -0.15) is 5.26 Å². The van der Waals surface area contributed by atoms with E-state index in [1.165, 1.54) is 28.7 Å². The predicted molar refractivity (Wildman–Crippen MR) is 192 cm³/mol. The molecule has 0 saturated carbocycles. The molecule has 46 heavy (non-hydrogen) atoms. The summed E-state index contributed by atoms with van der Waals surface area (Å²) in [6, 6.07) is 37.8. The third-order valence-electron chi connectivity index (χ3n) is 7.34. The minimum absolute atomic E-state index is 0.0473. The van der Waals surface area contributed by atoms with Gasteiger partial charge in [0.05, 0.1) is 0 Å². The lowest BCUT2D eigenvalue weighted by atomic mass is 10.0. The van der Waals surface area contributed by atoms with E-state index in [0.717, 1.165) is 47.0 Å². The van der Waals surface area contributed by atoms with Crippen molar-refractivity contribution in [1.29, 1.82) is 5.26 Å². The van der Waals surface area contributed by atoms with Crippen molar-refractivity contribution in [3.8, 4) is 6.07 Å². The van der Waals surface area contributed by atoms with Crippen LogP contribution >= 0.6 is 45.3 Å². The molecule has 0 bridgehead atoms. The zero-order valence-electron chi connectivity index (χ0n) is 23.9. The number of carbonyl (C=O) groups excluding carboxylic acids is 1. The first-order chi connectivity index (χ1) is 22.5. The van der Waals surface area contributed by atoms with Gasteiger partial charge in [0, 0.05) is 58.1 Å². The summed E-state index contributed by atoms with van der Waals surface area (Å²) >= 11 is 6.03. The molecule has 5 nitrogen and oxygen atoms in total. The van der Waals surface area contributed by atoms with E-state index in [9.17, 15) is 20.0 Å². The molecule has 0 amide bonds. The normalized spacial score (nSPS) is 13.4. The fourth-order valence-electron chi connectivity index (χ4n) is 5.40. The highest BCUT2D eigenvalue weighted by Gasteiger charge is 2.37. The molecule has 0 saturated heterocycles. The summed E-state index contributed by atoms with van der Waals surface area (Å²) < 4.78 is 0. The van der Waals surface area contributed by atoms with Gasteiger partial charge in [-0.25, -0.2) is 4.79 Å². The number of ketones is 1. The molecular weight excluding hydrogens is 649 g/mol. The predicted octanol–water partition coefficient (Wildman–Crippen LogP) is 10.5. The van der Waals surface area contributed by atoms with Gasteiger partial charge in [-0.15, -0.1) is 45.3 Å². The molecule has 0 atom stereocenters. The first-order valence-electron chi connectivity index (χ1n) is 14.1. The number of hydrogen-bond donors (Lipinski definition) is 1. The lowest BCUT2D eigenvalue weighted by molar-refractivity contribution is -0.132. The van der Waals surface area contributed by atoms with E-state index in [0.29, 0.717) is 16.0 Å². The van der Waals surface area contributed by atoms with E-state index in [4.69, 9.17) is 0 Å². The smallest absolute Gasteiger partial charge is 0.346 e. The Hall–Kier alpha value is -5.11. The van der Waals surface area contributed by atoms with Gasteiger partial charge in [0.25, 0.3) is 0 Å². The standard InChI is InChI=1S/C37H22N2O3S4/c38-22-23(37(41)42)21-26-15-16-29(45-26)33-32(27-13-7-19-43-27)35(36(40)34(33)28-14-8-20-44-28)30-17-18-31(46-30)39(24-9-3-1-4-10-24)25-11-5-2-6-12-25/h1-21H,(H,41,42)/b23-21+. The van der Waals surface area contributed by atoms with Crippen LogP contribution in [0.5, 0.6) is 0 Å². The number of nitrogens with zero attached hydrogens (tertiary/aromatic N) is 2. The van der Waals surface area contributed by atoms with Crippen LogP contribution in [0.1, 0.15) is 24.4 Å². The second kappa shape index (κ2) is 12.7. The molecular formula is C37H22N2O3S4. The Morgan fingerprint density at radius 2 is 1.20 bits per heavy atom. The van der Waals surface area contributed by atoms with Gasteiger partial charge in [0.1, 0.15) is 16.6 Å². The van der Waals surface area contributed by atoms with Crippen LogP contribution < -0.4 is 4.90 Å². The van der Waals surface area contributed by atoms with Crippen molar-refractivity contribution in [2.24, 2.45) is 0 Å². The first-order valence-corrected chi connectivity index (χ1v) is 17.5. The number of benzene rings is 2. The van der Waals surface area contributed by atoms with Crippen molar-refractivity contribution >= 4 is 102 Å². The van der Waals surface area contributed by atoms with E-state index >= 15 is 0 Å². The van der Waals surface area contributed by atoms with E-state index in [2.05, 4.69) is 35.2 Å². The second-order valence-corrected chi connectivity index (χ2v) is 14.2. The van der Waals surface area contributed by atoms with Gasteiger partial charge >= 0.3 is 5.97 Å². The van der Waals surface area contributed by atoms with Gasteiger partial charge in [-0.05, 0) is 77.5 Å². The van der Waals surface area contributed by atoms with Crippen molar-refractivity contribution in [1.82, 2.24) is 0 Å². The molecule has 2 aromatic carbocycles. The Labute approximate surface area is 281 Å². The SMILES string of the molecule is N#C/C(=C\c1ccc(C2=C(c3cccs3)C(=O)C(c3ccc(N(c4ccccc4)c4ccccc4)s3)=C2c2cccs2)s1)C(=O)O. The molecule has 0 radical (unpaired) electrons. The quantitative estimate of drug-likeness (QED) is 0.122. The van der Waals surface area contributed by atoms with Crippen LogP contribution in [0.2, 0.25) is 0 Å². The molecule has 0 fully saturated rings. The number of aliphatic carboxylic acids is 1. The Balaban J connectivity index is 1.42. The molecule has 0 unspecified atom stereocenters. The fraction of sp³-hybridized carbons (Fsp3) is 0. The Kier molecular flexibility index (Phi) is 8.18. The maximum atomic E-state index is 14.7. The molecule has 1 aliphatic carbocycles. The van der Waals surface area contributed by atoms with Crippen molar-refractivity contribution in [3.05, 3.63) is 150 Å². The van der Waals surface area contributed by atoms with Crippen LogP contribution in [0.3, 0.4) is 0 Å². The lowest BCUT2D eigenvalue weighted by Crippen LogP contribution is -2.07. The summed E-state index contributed by atoms with van der Waals surface area (Å²) in [6.45, 7) is 0. The summed E-state index contributed by atoms with van der Waals surface area (Å²) in [5.41, 5.74) is 4.64. The average molecular weight is 671 g/mol. The van der Waals surface area contributed by atoms with Gasteiger partial charge in [0.15, 0.2) is 5.78 Å². The number of para-hydroxylation sites is 2. The van der Waals surface area contributed by atoms with Crippen molar-refractivity contribution in [2.75, 3.05) is 4.90 Å². The van der Waals surface area contributed by atoms with Gasteiger partial charge in [-0.1, -0.05) is 48.5 Å². The maximum Gasteiger partial charge on any atom is 0.346 e. The number of carboxylic acid groups (broad SMARTS) is 1. The summed E-state index contributed by atoms with van der Waals surface area (Å²) in [5.74, 6) is -1.32. The number of carbonyl (C=O) groups is 2. The fourth-order valence-corrected chi connectivity index (χ4v) is 9.06. The minimum Gasteiger partial charge on any atom is -0.477 e. The Morgan fingerprint density at radius 3 is 1.76 bits per heavy atom. The van der Waals surface area contributed by atoms with Gasteiger partial charge in [0.2, 0.25) is 0 Å². The van der Waals surface area contributed by atoms with E-state index in [1.807, 2.05) is 83.6 Å². The van der Waals surface area contributed by atoms with Crippen LogP contribution in [0.4, 0.5) is 16.4 Å². The molecule has 222 valence electrons. The zero-order chi connectivity index (χ0) is 31.6. The minimum atomic E-state index is -1.28. The number of thiophene rings is 4. The van der Waals surface area contributed by atoms with E-state index in [1.54, 1.807) is 34.8 Å². The molecule has 1 N–H and O–H groups in total. The summed E-state index contributed by atoms with van der Waals surface area (Å²) in [6.07, 6.45) is 1.38. The number of hydrogen-bond acceptors (Lipinski definition) is 8. The highest BCUT2D eigenvalue weighted by molar-refractivity contribution is 7.19. The number of carboxylic acids is 1. The third-order valence-corrected chi connectivity index (χ3v) is 11.2. The number of Topliss-reactive ketones (excluding diaryl/α,β-unsaturated/α-hetero) is 1. The molecule has 1 aliphatic rings. The van der Waals surface area contributed by atoms with Crippen molar-refractivity contribution in [3.63, 3.8) is 0 Å². The summed E-state index contributed by atoms with van der Waals surface area (Å²) in [4.78, 5) is 32.6. The van der Waals surface area contributed by atoms with Crippen LogP contribution in [0.15, 0.2) is 126 Å². The average Bonchev–Trinajstić information content (AvgIpc) is 3.92. The molecule has 0 spiro atoms. The molecule has 7 rings (SSSR count). The Morgan fingerprint density at radius 1 is 0.652 bits per heavy atom. The number of anilines is 3. The molecule has 4 aromatic heterocycles. The summed E-state index contributed by atoms with van der Waals surface area (Å²) in [5, 5.41) is 23.7. The van der Waals surface area contributed by atoms with Crippen LogP contribution in [0.25, 0.3) is 28.4 Å². The molecule has 4 heterocycles. The van der Waals surface area contributed by atoms with Crippen LogP contribution in [0, 0.1) is 11.3 Å². The van der Waals surface area contributed by atoms with Crippen molar-refractivity contribution < 1.29 is 14.7 Å². The maximum absolute atomic E-state index is 14.7. The highest BCUT2D eigenvalue weighted by Crippen LogP contribution is 2.54. The number of nitriles is 1. The Bertz CT molecular complexity index is 2160. The number of allylic oxidation sites excluding steroid dienone is 4. The van der Waals surface area contributed by atoms with Crippen LogP contribution in [-0.4, -0.2) is 16.9 Å². The van der Waals surface area contributed by atoms with E-state index in [-0.39, 0.29) is 11.4 Å². The largest absolute Gasteiger partial charge is 0.477 e. The monoisotopic (exact) mass is 670 g/mol. The zero-order valence-corrected chi connectivity index (χ0v) is 27.2. The number of rotatable bonds is 9. The van der Waals surface area contributed by atoms with E-state index < -0.39 is 5.97 Å². The molecule has 9 heteroatoms. The van der Waals surface area contributed by atoms with Gasteiger partial charge in [-0.3, -0.25) is 4.79 Å². The third kappa shape index (κ3) is 5.49. The van der Waals surface area contributed by atoms with Gasteiger partial charge < -0.3 is 10.0 Å². The molecule has 6 aromatic rings. The highest BCUT2D eigenvalue weighted by atomic mass is 32.1. The second-order valence-electron chi connectivity index (χ2n) is 10.1.